The van der Waals surface area contributed by atoms with Gasteiger partial charge in [0.05, 0.1) is 0 Å². The minimum absolute atomic E-state index is 0.0450. The molecule has 0 saturated carbocycles. The molecule has 0 aliphatic carbocycles. The fourth-order valence-corrected chi connectivity index (χ4v) is 2.27. The Balaban J connectivity index is 2.69. The van der Waals surface area contributed by atoms with Crippen molar-refractivity contribution < 1.29 is 19.1 Å². The molecule has 0 spiro atoms. The number of carbonyl (C=O) groups excluding carboxylic acids is 2. The van der Waals surface area contributed by atoms with E-state index in [4.69, 9.17) is 9.47 Å². The molecule has 2 atom stereocenters. The summed E-state index contributed by atoms with van der Waals surface area (Å²) in [5.74, 6) is -0.428. The molecule has 0 radical (unpaired) electrons. The lowest BCUT2D eigenvalue weighted by Crippen LogP contribution is -2.50. The van der Waals surface area contributed by atoms with Gasteiger partial charge in [-0.25, -0.2) is 4.79 Å². The maximum Gasteiger partial charge on any atom is 0.329 e. The Labute approximate surface area is 127 Å². The molecule has 1 N–H and O–H groups in total. The van der Waals surface area contributed by atoms with Crippen LogP contribution in [0.3, 0.4) is 0 Å². The molecule has 1 heterocycles. The summed E-state index contributed by atoms with van der Waals surface area (Å²) in [7, 11) is 0. The third-order valence-electron chi connectivity index (χ3n) is 3.76. The molecule has 1 rings (SSSR count). The van der Waals surface area contributed by atoms with Crippen LogP contribution in [-0.4, -0.2) is 36.7 Å². The minimum Gasteiger partial charge on any atom is -0.458 e. The highest BCUT2D eigenvalue weighted by molar-refractivity contribution is 5.86. The summed E-state index contributed by atoms with van der Waals surface area (Å²) < 4.78 is 10.7. The van der Waals surface area contributed by atoms with Crippen LogP contribution < -0.4 is 5.32 Å². The standard InChI is InChI=1S/C16H29NO4/c1-6-11(2)13(15(19)21-16(3,4)5)17-14(18)12-7-9-20-10-8-12/h11-13H,6-10H2,1-5H3,(H,17,18)/t11-,13-/m0/s1. The van der Waals surface area contributed by atoms with Gasteiger partial charge < -0.3 is 14.8 Å². The molecule has 1 saturated heterocycles. The lowest BCUT2D eigenvalue weighted by Gasteiger charge is -2.29. The SMILES string of the molecule is CC[C@H](C)[C@H](NC(=O)C1CCOCC1)C(=O)OC(C)(C)C. The Morgan fingerprint density at radius 1 is 1.29 bits per heavy atom. The van der Waals surface area contributed by atoms with Crippen molar-refractivity contribution in [2.75, 3.05) is 13.2 Å². The third-order valence-corrected chi connectivity index (χ3v) is 3.76. The van der Waals surface area contributed by atoms with Gasteiger partial charge in [0.25, 0.3) is 0 Å². The molecule has 1 amide bonds. The van der Waals surface area contributed by atoms with Gasteiger partial charge in [-0.1, -0.05) is 20.3 Å². The average Bonchev–Trinajstić information content (AvgIpc) is 2.42. The van der Waals surface area contributed by atoms with Crippen molar-refractivity contribution in [3.05, 3.63) is 0 Å². The first-order valence-electron chi connectivity index (χ1n) is 7.85. The van der Waals surface area contributed by atoms with Crippen molar-refractivity contribution in [3.63, 3.8) is 0 Å². The lowest BCUT2D eigenvalue weighted by molar-refractivity contribution is -0.160. The molecule has 0 unspecified atom stereocenters. The Kier molecular flexibility index (Phi) is 6.65. The maximum atomic E-state index is 12.3. The molecule has 0 aromatic rings. The van der Waals surface area contributed by atoms with Gasteiger partial charge in [-0.05, 0) is 39.5 Å². The number of amides is 1. The van der Waals surface area contributed by atoms with E-state index in [2.05, 4.69) is 5.32 Å². The highest BCUT2D eigenvalue weighted by Crippen LogP contribution is 2.18. The van der Waals surface area contributed by atoms with Gasteiger partial charge in [-0.2, -0.15) is 0 Å². The predicted octanol–water partition coefficient (Wildman–Crippen LogP) is 2.29. The third kappa shape index (κ3) is 6.04. The van der Waals surface area contributed by atoms with Gasteiger partial charge in [-0.15, -0.1) is 0 Å². The van der Waals surface area contributed by atoms with E-state index in [0.29, 0.717) is 26.1 Å². The number of nitrogens with one attached hydrogen (secondary N) is 1. The Hall–Kier alpha value is -1.10. The minimum atomic E-state index is -0.579. The van der Waals surface area contributed by atoms with E-state index < -0.39 is 11.6 Å². The fourth-order valence-electron chi connectivity index (χ4n) is 2.27. The van der Waals surface area contributed by atoms with E-state index >= 15 is 0 Å². The van der Waals surface area contributed by atoms with E-state index in [1.165, 1.54) is 0 Å². The van der Waals surface area contributed by atoms with Crippen molar-refractivity contribution >= 4 is 11.9 Å². The topological polar surface area (TPSA) is 64.6 Å². The second kappa shape index (κ2) is 7.78. The molecule has 0 bridgehead atoms. The molecule has 0 aromatic carbocycles. The second-order valence-electron chi connectivity index (χ2n) is 6.79. The van der Waals surface area contributed by atoms with E-state index in [-0.39, 0.29) is 23.7 Å². The predicted molar refractivity (Wildman–Crippen MR) is 80.8 cm³/mol. The van der Waals surface area contributed by atoms with Gasteiger partial charge in [-0.3, -0.25) is 4.79 Å². The molecule has 0 aromatic heterocycles. The summed E-state index contributed by atoms with van der Waals surface area (Å²) in [4.78, 5) is 24.6. The number of carbonyl (C=O) groups is 2. The zero-order valence-electron chi connectivity index (χ0n) is 13.9. The molecule has 122 valence electrons. The summed E-state index contributed by atoms with van der Waals surface area (Å²) in [5.41, 5.74) is -0.549. The Morgan fingerprint density at radius 3 is 2.33 bits per heavy atom. The molecule has 1 aliphatic heterocycles. The number of hydrogen-bond donors (Lipinski definition) is 1. The van der Waals surface area contributed by atoms with E-state index in [1.807, 2.05) is 34.6 Å². The average molecular weight is 299 g/mol. The zero-order valence-corrected chi connectivity index (χ0v) is 13.9. The van der Waals surface area contributed by atoms with E-state index in [1.54, 1.807) is 0 Å². The summed E-state index contributed by atoms with van der Waals surface area (Å²) in [5, 5.41) is 2.89. The first-order valence-corrected chi connectivity index (χ1v) is 7.85. The summed E-state index contributed by atoms with van der Waals surface area (Å²) in [6.07, 6.45) is 2.23. The van der Waals surface area contributed by atoms with Crippen LogP contribution in [0, 0.1) is 11.8 Å². The van der Waals surface area contributed by atoms with Gasteiger partial charge in [0.2, 0.25) is 5.91 Å². The van der Waals surface area contributed by atoms with Crippen LogP contribution in [0.1, 0.15) is 53.9 Å². The van der Waals surface area contributed by atoms with Gasteiger partial charge >= 0.3 is 5.97 Å². The summed E-state index contributed by atoms with van der Waals surface area (Å²) in [6, 6.07) is -0.579. The quantitative estimate of drug-likeness (QED) is 0.791. The van der Waals surface area contributed by atoms with Gasteiger partial charge in [0.15, 0.2) is 0 Å². The second-order valence-corrected chi connectivity index (χ2v) is 6.79. The summed E-state index contributed by atoms with van der Waals surface area (Å²) >= 11 is 0. The van der Waals surface area contributed by atoms with Crippen molar-refractivity contribution in [1.82, 2.24) is 5.32 Å². The Bertz CT molecular complexity index is 356. The maximum absolute atomic E-state index is 12.3. The number of hydrogen-bond acceptors (Lipinski definition) is 4. The highest BCUT2D eigenvalue weighted by atomic mass is 16.6. The molecule has 21 heavy (non-hydrogen) atoms. The molecule has 1 fully saturated rings. The van der Waals surface area contributed by atoms with Crippen molar-refractivity contribution in [2.24, 2.45) is 11.8 Å². The first-order chi connectivity index (χ1) is 9.74. The molecule has 5 heteroatoms. The van der Waals surface area contributed by atoms with Crippen LogP contribution in [0.4, 0.5) is 0 Å². The molecule has 5 nitrogen and oxygen atoms in total. The van der Waals surface area contributed by atoms with Crippen LogP contribution >= 0.6 is 0 Å². The first kappa shape index (κ1) is 18.0. The molecule has 1 aliphatic rings. The van der Waals surface area contributed by atoms with Crippen LogP contribution in [0.15, 0.2) is 0 Å². The van der Waals surface area contributed by atoms with E-state index in [9.17, 15) is 9.59 Å². The highest BCUT2D eigenvalue weighted by Gasteiger charge is 2.32. The smallest absolute Gasteiger partial charge is 0.329 e. The van der Waals surface area contributed by atoms with E-state index in [0.717, 1.165) is 6.42 Å². The van der Waals surface area contributed by atoms with Crippen molar-refractivity contribution in [2.45, 2.75) is 65.5 Å². The fraction of sp³-hybridized carbons (Fsp3) is 0.875. The molecular weight excluding hydrogens is 270 g/mol. The lowest BCUT2D eigenvalue weighted by atomic mass is 9.95. The monoisotopic (exact) mass is 299 g/mol. The normalized spacial score (nSPS) is 19.7. The number of rotatable bonds is 5. The van der Waals surface area contributed by atoms with Crippen molar-refractivity contribution in [3.8, 4) is 0 Å². The Morgan fingerprint density at radius 2 is 1.86 bits per heavy atom. The summed E-state index contributed by atoms with van der Waals surface area (Å²) in [6.45, 7) is 10.7. The zero-order chi connectivity index (χ0) is 16.0. The van der Waals surface area contributed by atoms with Crippen LogP contribution in [0.2, 0.25) is 0 Å². The number of esters is 1. The van der Waals surface area contributed by atoms with Crippen LogP contribution in [-0.2, 0) is 19.1 Å². The molecular formula is C16H29NO4. The van der Waals surface area contributed by atoms with Crippen molar-refractivity contribution in [1.29, 1.82) is 0 Å². The number of ether oxygens (including phenoxy) is 2. The van der Waals surface area contributed by atoms with Gasteiger partial charge in [0, 0.05) is 19.1 Å². The van der Waals surface area contributed by atoms with Gasteiger partial charge in [0.1, 0.15) is 11.6 Å². The largest absolute Gasteiger partial charge is 0.458 e. The van der Waals surface area contributed by atoms with Crippen LogP contribution in [0.25, 0.3) is 0 Å². The van der Waals surface area contributed by atoms with Crippen LogP contribution in [0.5, 0.6) is 0 Å².